The van der Waals surface area contributed by atoms with E-state index in [-0.39, 0.29) is 11.8 Å². The molecule has 0 bridgehead atoms. The Labute approximate surface area is 155 Å². The van der Waals surface area contributed by atoms with E-state index in [2.05, 4.69) is 6.92 Å². The number of unbranched alkanes of at least 4 members (excludes halogenated alkanes) is 15. The summed E-state index contributed by atoms with van der Waals surface area (Å²) in [5, 5.41) is 0. The van der Waals surface area contributed by atoms with Gasteiger partial charge in [0.2, 0.25) is 11.8 Å². The van der Waals surface area contributed by atoms with E-state index >= 15 is 0 Å². The Hall–Kier alpha value is -0.860. The molecule has 146 valence electrons. The maximum absolute atomic E-state index is 11.5. The quantitative estimate of drug-likeness (QED) is 0.225. The summed E-state index contributed by atoms with van der Waals surface area (Å²) in [6.07, 6.45) is 22.4. The molecule has 0 aromatic heterocycles. The summed E-state index contributed by atoms with van der Waals surface area (Å²) in [6.45, 7) is 2.93. The van der Waals surface area contributed by atoms with Gasteiger partial charge in [-0.2, -0.15) is 0 Å². The van der Waals surface area contributed by atoms with Crippen LogP contribution in [0.4, 0.5) is 0 Å². The first-order valence-corrected chi connectivity index (χ1v) is 11.1. The first-order chi connectivity index (χ1) is 12.3. The maximum atomic E-state index is 11.5. The van der Waals surface area contributed by atoms with Gasteiger partial charge in [-0.15, -0.1) is 0 Å². The van der Waals surface area contributed by atoms with Gasteiger partial charge in [0.25, 0.3) is 0 Å². The van der Waals surface area contributed by atoms with Crippen LogP contribution in [-0.4, -0.2) is 23.3 Å². The molecular formula is C22H41NO2. The number of hydrogen-bond acceptors (Lipinski definition) is 2. The lowest BCUT2D eigenvalue weighted by molar-refractivity contribution is -0.138. The molecule has 1 rings (SSSR count). The SMILES string of the molecule is CCCCCCCCCCCCCCCCCCN1C(=O)CCC1=O. The molecule has 0 aromatic rings. The van der Waals surface area contributed by atoms with Gasteiger partial charge >= 0.3 is 0 Å². The first kappa shape index (κ1) is 22.2. The van der Waals surface area contributed by atoms with Crippen molar-refractivity contribution in [2.45, 2.75) is 122 Å². The summed E-state index contributed by atoms with van der Waals surface area (Å²) in [6, 6.07) is 0. The first-order valence-electron chi connectivity index (χ1n) is 11.1. The van der Waals surface area contributed by atoms with E-state index in [0.717, 1.165) is 12.8 Å². The number of nitrogens with zero attached hydrogens (tertiary/aromatic N) is 1. The van der Waals surface area contributed by atoms with Crippen LogP contribution in [0.3, 0.4) is 0 Å². The summed E-state index contributed by atoms with van der Waals surface area (Å²) >= 11 is 0. The van der Waals surface area contributed by atoms with E-state index in [1.54, 1.807) is 0 Å². The Balaban J connectivity index is 1.73. The molecule has 1 heterocycles. The van der Waals surface area contributed by atoms with Crippen molar-refractivity contribution in [2.75, 3.05) is 6.54 Å². The van der Waals surface area contributed by atoms with Crippen molar-refractivity contribution in [3.63, 3.8) is 0 Å². The predicted molar refractivity (Wildman–Crippen MR) is 106 cm³/mol. The standard InChI is InChI=1S/C22H41NO2/c1-2-3-4-5-6-7-8-9-10-11-12-13-14-15-16-17-20-23-21(24)18-19-22(23)25/h2-20H2,1H3. The van der Waals surface area contributed by atoms with Crippen LogP contribution in [0.2, 0.25) is 0 Å². The zero-order valence-corrected chi connectivity index (χ0v) is 16.7. The van der Waals surface area contributed by atoms with Crippen molar-refractivity contribution >= 4 is 11.8 Å². The molecule has 0 radical (unpaired) electrons. The van der Waals surface area contributed by atoms with Crippen LogP contribution in [0.15, 0.2) is 0 Å². The van der Waals surface area contributed by atoms with Crippen molar-refractivity contribution in [1.29, 1.82) is 0 Å². The normalized spacial score (nSPS) is 14.7. The molecule has 1 fully saturated rings. The van der Waals surface area contributed by atoms with E-state index in [1.165, 1.54) is 94.8 Å². The zero-order valence-electron chi connectivity index (χ0n) is 16.7. The minimum Gasteiger partial charge on any atom is -0.283 e. The van der Waals surface area contributed by atoms with Crippen LogP contribution < -0.4 is 0 Å². The zero-order chi connectivity index (χ0) is 18.2. The monoisotopic (exact) mass is 351 g/mol. The van der Waals surface area contributed by atoms with E-state index < -0.39 is 0 Å². The molecule has 2 amide bonds. The van der Waals surface area contributed by atoms with Gasteiger partial charge in [-0.25, -0.2) is 0 Å². The molecule has 0 aliphatic carbocycles. The highest BCUT2D eigenvalue weighted by Gasteiger charge is 2.27. The molecule has 25 heavy (non-hydrogen) atoms. The average Bonchev–Trinajstić information content (AvgIpc) is 2.93. The smallest absolute Gasteiger partial charge is 0.229 e. The lowest BCUT2D eigenvalue weighted by atomic mass is 10.0. The van der Waals surface area contributed by atoms with E-state index in [0.29, 0.717) is 19.4 Å². The highest BCUT2D eigenvalue weighted by Crippen LogP contribution is 2.15. The van der Waals surface area contributed by atoms with Gasteiger partial charge in [0.1, 0.15) is 0 Å². The summed E-state index contributed by atoms with van der Waals surface area (Å²) in [4.78, 5) is 24.4. The van der Waals surface area contributed by atoms with Gasteiger partial charge in [-0.1, -0.05) is 103 Å². The number of rotatable bonds is 17. The minimum atomic E-state index is 0.0333. The topological polar surface area (TPSA) is 37.4 Å². The van der Waals surface area contributed by atoms with E-state index in [4.69, 9.17) is 0 Å². The molecular weight excluding hydrogens is 310 g/mol. The van der Waals surface area contributed by atoms with Gasteiger partial charge in [0, 0.05) is 19.4 Å². The van der Waals surface area contributed by atoms with Crippen molar-refractivity contribution in [3.05, 3.63) is 0 Å². The van der Waals surface area contributed by atoms with Gasteiger partial charge in [-0.3, -0.25) is 14.5 Å². The number of carbonyl (C=O) groups excluding carboxylic acids is 2. The molecule has 1 saturated heterocycles. The van der Waals surface area contributed by atoms with E-state index in [9.17, 15) is 9.59 Å². The molecule has 0 N–H and O–H groups in total. The molecule has 0 atom stereocenters. The molecule has 0 unspecified atom stereocenters. The third-order valence-corrected chi connectivity index (χ3v) is 5.39. The van der Waals surface area contributed by atoms with E-state index in [1.807, 2.05) is 0 Å². The minimum absolute atomic E-state index is 0.0333. The van der Waals surface area contributed by atoms with Crippen LogP contribution in [0, 0.1) is 0 Å². The lowest BCUT2D eigenvalue weighted by Crippen LogP contribution is -2.29. The van der Waals surface area contributed by atoms with Crippen LogP contribution >= 0.6 is 0 Å². The number of amides is 2. The second-order valence-corrected chi connectivity index (χ2v) is 7.74. The number of imide groups is 1. The van der Waals surface area contributed by atoms with Crippen LogP contribution in [0.5, 0.6) is 0 Å². The van der Waals surface area contributed by atoms with Gasteiger partial charge in [-0.05, 0) is 6.42 Å². The Kier molecular flexibility index (Phi) is 13.7. The summed E-state index contributed by atoms with van der Waals surface area (Å²) in [5.41, 5.74) is 0. The molecule has 1 aliphatic heterocycles. The average molecular weight is 352 g/mol. The maximum Gasteiger partial charge on any atom is 0.229 e. The fourth-order valence-electron chi connectivity index (χ4n) is 3.69. The summed E-state index contributed by atoms with van der Waals surface area (Å²) in [5.74, 6) is 0.0666. The molecule has 0 spiro atoms. The van der Waals surface area contributed by atoms with Crippen molar-refractivity contribution in [3.8, 4) is 0 Å². The molecule has 1 aliphatic rings. The predicted octanol–water partition coefficient (Wildman–Crippen LogP) is 6.40. The highest BCUT2D eigenvalue weighted by atomic mass is 16.2. The lowest BCUT2D eigenvalue weighted by Gasteiger charge is -2.13. The fourth-order valence-corrected chi connectivity index (χ4v) is 3.69. The summed E-state index contributed by atoms with van der Waals surface area (Å²) in [7, 11) is 0. The third-order valence-electron chi connectivity index (χ3n) is 5.39. The Morgan fingerprint density at radius 1 is 0.560 bits per heavy atom. The van der Waals surface area contributed by atoms with Gasteiger partial charge in [0.15, 0.2) is 0 Å². The van der Waals surface area contributed by atoms with Crippen molar-refractivity contribution < 1.29 is 9.59 Å². The second kappa shape index (κ2) is 15.4. The molecule has 0 aromatic carbocycles. The van der Waals surface area contributed by atoms with Gasteiger partial charge < -0.3 is 0 Å². The Morgan fingerprint density at radius 3 is 1.24 bits per heavy atom. The van der Waals surface area contributed by atoms with Crippen molar-refractivity contribution in [1.82, 2.24) is 4.90 Å². The number of hydrogen-bond donors (Lipinski definition) is 0. The van der Waals surface area contributed by atoms with Gasteiger partial charge in [0.05, 0.1) is 0 Å². The third kappa shape index (κ3) is 11.4. The van der Waals surface area contributed by atoms with Crippen LogP contribution in [0.1, 0.15) is 122 Å². The highest BCUT2D eigenvalue weighted by molar-refractivity contribution is 6.01. The molecule has 3 nitrogen and oxygen atoms in total. The fraction of sp³-hybridized carbons (Fsp3) is 0.909. The molecule has 3 heteroatoms. The van der Waals surface area contributed by atoms with Crippen LogP contribution in [-0.2, 0) is 9.59 Å². The summed E-state index contributed by atoms with van der Waals surface area (Å²) < 4.78 is 0. The Bertz CT molecular complexity index is 338. The largest absolute Gasteiger partial charge is 0.283 e. The number of carbonyl (C=O) groups is 2. The van der Waals surface area contributed by atoms with Crippen molar-refractivity contribution in [2.24, 2.45) is 0 Å². The second-order valence-electron chi connectivity index (χ2n) is 7.74. The molecule has 0 saturated carbocycles. The Morgan fingerprint density at radius 2 is 0.880 bits per heavy atom. The number of likely N-dealkylation sites (tertiary alicyclic amines) is 1. The van der Waals surface area contributed by atoms with Crippen LogP contribution in [0.25, 0.3) is 0 Å².